The minimum absolute atomic E-state index is 0.338. The third kappa shape index (κ3) is 3.10. The number of anilines is 2. The fourth-order valence-electron chi connectivity index (χ4n) is 3.80. The smallest absolute Gasteiger partial charge is 0.409 e. The first-order valence-electron chi connectivity index (χ1n) is 8.25. The highest BCUT2D eigenvalue weighted by Gasteiger charge is 2.50. The van der Waals surface area contributed by atoms with E-state index >= 15 is 0 Å². The Kier molecular flexibility index (Phi) is 4.43. The normalized spacial score (nSPS) is 20.9. The van der Waals surface area contributed by atoms with Crippen molar-refractivity contribution in [1.82, 2.24) is 9.88 Å². The van der Waals surface area contributed by atoms with Crippen molar-refractivity contribution >= 4 is 45.9 Å². The van der Waals surface area contributed by atoms with Crippen molar-refractivity contribution in [2.24, 2.45) is 0 Å². The maximum atomic E-state index is 14.0. The summed E-state index contributed by atoms with van der Waals surface area (Å²) >= 11 is 7.02. The Morgan fingerprint density at radius 1 is 1.41 bits per heavy atom. The number of hydrogen-bond donors (Lipinski definition) is 1. The van der Waals surface area contributed by atoms with Crippen LogP contribution in [0.25, 0.3) is 0 Å². The van der Waals surface area contributed by atoms with E-state index in [9.17, 15) is 14.0 Å². The van der Waals surface area contributed by atoms with E-state index in [0.717, 1.165) is 16.9 Å². The molecule has 7 nitrogen and oxygen atoms in total. The van der Waals surface area contributed by atoms with Crippen LogP contribution in [0.4, 0.5) is 24.8 Å². The van der Waals surface area contributed by atoms with Crippen LogP contribution in [0.5, 0.6) is 0 Å². The van der Waals surface area contributed by atoms with E-state index in [2.05, 4.69) is 10.3 Å². The Morgan fingerprint density at radius 3 is 2.93 bits per heavy atom. The number of amides is 3. The van der Waals surface area contributed by atoms with Crippen molar-refractivity contribution < 1.29 is 18.7 Å². The van der Waals surface area contributed by atoms with Gasteiger partial charge in [-0.05, 0) is 30.2 Å². The highest BCUT2D eigenvalue weighted by atomic mass is 35.5. The minimum Gasteiger partial charge on any atom is -0.453 e. The van der Waals surface area contributed by atoms with E-state index in [-0.39, 0.29) is 11.8 Å². The summed E-state index contributed by atoms with van der Waals surface area (Å²) in [6.45, 7) is 1.19. The summed E-state index contributed by atoms with van der Waals surface area (Å²) in [7, 11) is 1.33. The number of nitrogens with zero attached hydrogens (tertiary/aromatic N) is 3. The highest BCUT2D eigenvalue weighted by Crippen LogP contribution is 2.47. The lowest BCUT2D eigenvalue weighted by atomic mass is 9.81. The molecule has 4 rings (SSSR count). The number of aromatic nitrogens is 1. The van der Waals surface area contributed by atoms with Crippen molar-refractivity contribution in [2.75, 3.05) is 37.0 Å². The van der Waals surface area contributed by atoms with Crippen LogP contribution in [0.15, 0.2) is 24.4 Å². The molecule has 0 aliphatic carbocycles. The van der Waals surface area contributed by atoms with E-state index in [4.69, 9.17) is 16.3 Å². The van der Waals surface area contributed by atoms with Gasteiger partial charge in [0.05, 0.1) is 13.3 Å². The Balaban J connectivity index is 1.64. The Hall–Kier alpha value is -2.39. The molecule has 2 aliphatic heterocycles. The number of carbonyl (C=O) groups excluding carboxylic acids is 2. The molecule has 1 saturated heterocycles. The van der Waals surface area contributed by atoms with Crippen molar-refractivity contribution in [3.8, 4) is 0 Å². The summed E-state index contributed by atoms with van der Waals surface area (Å²) in [4.78, 5) is 31.9. The SMILES string of the molecule is COC(=O)N1CCC2(C1)CN(C(=O)Nc1ncc(Cl)s1)c1ccc(F)cc12. The number of nitrogens with one attached hydrogen (secondary N) is 1. The summed E-state index contributed by atoms with van der Waals surface area (Å²) in [5, 5.41) is 3.11. The molecule has 0 bridgehead atoms. The van der Waals surface area contributed by atoms with Gasteiger partial charge in [-0.25, -0.2) is 19.0 Å². The maximum absolute atomic E-state index is 14.0. The van der Waals surface area contributed by atoms with Gasteiger partial charge in [0.1, 0.15) is 10.2 Å². The Morgan fingerprint density at radius 2 is 2.22 bits per heavy atom. The van der Waals surface area contributed by atoms with Gasteiger partial charge in [-0.15, -0.1) is 0 Å². The third-order valence-corrected chi connectivity index (χ3v) is 6.03. The molecule has 0 saturated carbocycles. The first-order chi connectivity index (χ1) is 12.9. The molecule has 27 heavy (non-hydrogen) atoms. The average Bonchev–Trinajstić information content (AvgIpc) is 3.34. The zero-order valence-corrected chi connectivity index (χ0v) is 15.9. The van der Waals surface area contributed by atoms with E-state index in [0.29, 0.717) is 41.2 Å². The summed E-state index contributed by atoms with van der Waals surface area (Å²) in [6, 6.07) is 3.99. The lowest BCUT2D eigenvalue weighted by molar-refractivity contribution is 0.131. The van der Waals surface area contributed by atoms with Crippen LogP contribution in [-0.2, 0) is 10.2 Å². The second-order valence-electron chi connectivity index (χ2n) is 6.57. The molecule has 2 aromatic rings. The number of likely N-dealkylation sites (tertiary alicyclic amines) is 1. The van der Waals surface area contributed by atoms with Gasteiger partial charge in [-0.1, -0.05) is 22.9 Å². The number of urea groups is 1. The second kappa shape index (κ2) is 6.65. The molecule has 1 unspecified atom stereocenters. The molecule has 1 spiro atoms. The van der Waals surface area contributed by atoms with Crippen molar-refractivity contribution in [1.29, 1.82) is 0 Å². The van der Waals surface area contributed by atoms with Crippen molar-refractivity contribution in [3.05, 3.63) is 40.1 Å². The second-order valence-corrected chi connectivity index (χ2v) is 8.23. The molecule has 10 heteroatoms. The van der Waals surface area contributed by atoms with Gasteiger partial charge in [-0.2, -0.15) is 0 Å². The third-order valence-electron chi connectivity index (χ3n) is 5.00. The van der Waals surface area contributed by atoms with Crippen LogP contribution in [0.1, 0.15) is 12.0 Å². The molecule has 1 fully saturated rings. The summed E-state index contributed by atoms with van der Waals surface area (Å²) in [5.74, 6) is -0.376. The van der Waals surface area contributed by atoms with E-state index < -0.39 is 11.5 Å². The summed E-state index contributed by atoms with van der Waals surface area (Å²) in [6.07, 6.45) is 1.65. The number of ether oxygens (including phenoxy) is 1. The number of halogens is 2. The molecule has 2 aliphatic rings. The highest BCUT2D eigenvalue weighted by molar-refractivity contribution is 7.19. The summed E-state index contributed by atoms with van der Waals surface area (Å²) < 4.78 is 19.2. The molecular weight excluding hydrogens is 395 g/mol. The van der Waals surface area contributed by atoms with Gasteiger partial charge in [0.25, 0.3) is 0 Å². The summed E-state index contributed by atoms with van der Waals surface area (Å²) in [5.41, 5.74) is 0.827. The quantitative estimate of drug-likeness (QED) is 0.777. The monoisotopic (exact) mass is 410 g/mol. The minimum atomic E-state index is -0.524. The number of benzene rings is 1. The predicted molar refractivity (Wildman–Crippen MR) is 100 cm³/mol. The van der Waals surface area contributed by atoms with Crippen LogP contribution < -0.4 is 10.2 Å². The van der Waals surface area contributed by atoms with E-state index in [1.165, 1.54) is 25.4 Å². The van der Waals surface area contributed by atoms with Crippen LogP contribution in [0.3, 0.4) is 0 Å². The van der Waals surface area contributed by atoms with Crippen LogP contribution in [-0.4, -0.2) is 48.8 Å². The topological polar surface area (TPSA) is 74.8 Å². The maximum Gasteiger partial charge on any atom is 0.409 e. The zero-order chi connectivity index (χ0) is 19.2. The lowest BCUT2D eigenvalue weighted by Crippen LogP contribution is -2.41. The van der Waals surface area contributed by atoms with Gasteiger partial charge < -0.3 is 9.64 Å². The molecule has 1 aromatic carbocycles. The number of carbonyl (C=O) groups is 2. The number of thiazole rings is 1. The van der Waals surface area contributed by atoms with E-state index in [1.807, 2.05) is 0 Å². The predicted octanol–water partition coefficient (Wildman–Crippen LogP) is 3.70. The Labute approximate surface area is 163 Å². The standard InChI is InChI=1S/C17H16ClFN4O3S/c1-26-16(25)22-5-4-17(8-22)9-23(12-3-2-10(19)6-11(12)17)15(24)21-14-20-7-13(18)27-14/h2-3,6-7H,4-5,8-9H2,1H3,(H,20,21,24). The number of methoxy groups -OCH3 is 1. The molecule has 1 aromatic heterocycles. The van der Waals surface area contributed by atoms with Crippen molar-refractivity contribution in [3.63, 3.8) is 0 Å². The first kappa shape index (κ1) is 18.0. The average molecular weight is 411 g/mol. The van der Waals surface area contributed by atoms with Gasteiger partial charge >= 0.3 is 12.1 Å². The first-order valence-corrected chi connectivity index (χ1v) is 9.44. The fourth-order valence-corrected chi connectivity index (χ4v) is 4.60. The van der Waals surface area contributed by atoms with Crippen LogP contribution in [0.2, 0.25) is 4.34 Å². The molecule has 1 N–H and O–H groups in total. The molecule has 3 amide bonds. The molecule has 0 radical (unpaired) electrons. The largest absolute Gasteiger partial charge is 0.453 e. The van der Waals surface area contributed by atoms with Gasteiger partial charge in [0.2, 0.25) is 0 Å². The molecular formula is C17H16ClFN4O3S. The van der Waals surface area contributed by atoms with Gasteiger partial charge in [0, 0.05) is 30.7 Å². The number of rotatable bonds is 1. The number of fused-ring (bicyclic) bond motifs is 2. The zero-order valence-electron chi connectivity index (χ0n) is 14.4. The molecule has 3 heterocycles. The van der Waals surface area contributed by atoms with E-state index in [1.54, 1.807) is 15.9 Å². The Bertz CT molecular complexity index is 923. The lowest BCUT2D eigenvalue weighted by Gasteiger charge is -2.25. The number of hydrogen-bond acceptors (Lipinski definition) is 5. The van der Waals surface area contributed by atoms with Gasteiger partial charge in [-0.3, -0.25) is 10.2 Å². The van der Waals surface area contributed by atoms with Gasteiger partial charge in [0.15, 0.2) is 5.13 Å². The fraction of sp³-hybridized carbons (Fsp3) is 0.353. The molecule has 1 atom stereocenters. The van der Waals surface area contributed by atoms with Crippen LogP contribution in [0, 0.1) is 5.82 Å². The van der Waals surface area contributed by atoms with Crippen molar-refractivity contribution in [2.45, 2.75) is 11.8 Å². The van der Waals surface area contributed by atoms with Crippen LogP contribution >= 0.6 is 22.9 Å². The molecule has 142 valence electrons.